The number of aryl methyl sites for hydroxylation is 1. The molecule has 0 saturated heterocycles. The van der Waals surface area contributed by atoms with Crippen molar-refractivity contribution in [3.8, 4) is 0 Å². The van der Waals surface area contributed by atoms with Gasteiger partial charge in [-0.15, -0.1) is 0 Å². The third kappa shape index (κ3) is 4.25. The van der Waals surface area contributed by atoms with E-state index in [1.165, 1.54) is 6.33 Å². The third-order valence-corrected chi connectivity index (χ3v) is 2.83. The SMILES string of the molecule is CCCc1cc(C(=O)NCCc2ncno2)cc(NN)n1. The van der Waals surface area contributed by atoms with Crippen LogP contribution >= 0.6 is 0 Å². The van der Waals surface area contributed by atoms with E-state index in [2.05, 4.69) is 25.9 Å². The summed E-state index contributed by atoms with van der Waals surface area (Å²) < 4.78 is 4.86. The lowest BCUT2D eigenvalue weighted by Gasteiger charge is -2.08. The summed E-state index contributed by atoms with van der Waals surface area (Å²) in [4.78, 5) is 20.3. The van der Waals surface area contributed by atoms with Gasteiger partial charge in [-0.1, -0.05) is 18.5 Å². The first-order valence-corrected chi connectivity index (χ1v) is 6.74. The molecule has 1 amide bonds. The number of nitrogens with zero attached hydrogens (tertiary/aromatic N) is 3. The Kier molecular flexibility index (Phi) is 5.22. The zero-order valence-corrected chi connectivity index (χ0v) is 11.8. The maximum Gasteiger partial charge on any atom is 0.251 e. The normalized spacial score (nSPS) is 10.4. The van der Waals surface area contributed by atoms with Crippen molar-refractivity contribution in [2.45, 2.75) is 26.2 Å². The van der Waals surface area contributed by atoms with E-state index in [9.17, 15) is 4.79 Å². The smallest absolute Gasteiger partial charge is 0.251 e. The predicted octanol–water partition coefficient (Wildman–Crippen LogP) is 0.675. The van der Waals surface area contributed by atoms with Crippen LogP contribution in [0, 0.1) is 0 Å². The van der Waals surface area contributed by atoms with Crippen LogP contribution in [-0.4, -0.2) is 27.6 Å². The van der Waals surface area contributed by atoms with E-state index in [1.54, 1.807) is 12.1 Å². The Morgan fingerprint density at radius 2 is 2.24 bits per heavy atom. The highest BCUT2D eigenvalue weighted by Gasteiger charge is 2.10. The van der Waals surface area contributed by atoms with Gasteiger partial charge in [0.2, 0.25) is 5.89 Å². The molecule has 0 fully saturated rings. The van der Waals surface area contributed by atoms with Gasteiger partial charge < -0.3 is 15.3 Å². The number of hydrazine groups is 1. The molecule has 0 unspecified atom stereocenters. The number of rotatable bonds is 7. The lowest BCUT2D eigenvalue weighted by atomic mass is 10.1. The van der Waals surface area contributed by atoms with Crippen molar-refractivity contribution >= 4 is 11.7 Å². The Hall–Kier alpha value is -2.48. The van der Waals surface area contributed by atoms with Crippen LogP contribution in [0.2, 0.25) is 0 Å². The Morgan fingerprint density at radius 3 is 2.90 bits per heavy atom. The van der Waals surface area contributed by atoms with Crippen molar-refractivity contribution in [3.05, 3.63) is 35.6 Å². The number of amides is 1. The molecule has 8 heteroatoms. The Balaban J connectivity index is 1.98. The number of carbonyl (C=O) groups excluding carboxylic acids is 1. The molecule has 0 aliphatic heterocycles. The summed E-state index contributed by atoms with van der Waals surface area (Å²) in [5, 5.41) is 6.30. The molecule has 2 rings (SSSR count). The number of aromatic nitrogens is 3. The molecule has 0 spiro atoms. The van der Waals surface area contributed by atoms with Gasteiger partial charge in [-0.3, -0.25) is 4.79 Å². The second-order valence-electron chi connectivity index (χ2n) is 4.47. The number of nitrogens with two attached hydrogens (primary N) is 1. The molecule has 0 aliphatic rings. The topological polar surface area (TPSA) is 119 Å². The van der Waals surface area contributed by atoms with Crippen molar-refractivity contribution in [2.75, 3.05) is 12.0 Å². The molecule has 2 heterocycles. The fraction of sp³-hybridized carbons (Fsp3) is 0.385. The van der Waals surface area contributed by atoms with Gasteiger partial charge in [0.05, 0.1) is 0 Å². The van der Waals surface area contributed by atoms with E-state index >= 15 is 0 Å². The number of pyridine rings is 1. The minimum Gasteiger partial charge on any atom is -0.352 e. The molecular weight excluding hydrogens is 272 g/mol. The molecule has 0 radical (unpaired) electrons. The number of carbonyl (C=O) groups is 1. The second-order valence-corrected chi connectivity index (χ2v) is 4.47. The van der Waals surface area contributed by atoms with Crippen LogP contribution in [0.25, 0.3) is 0 Å². The zero-order chi connectivity index (χ0) is 15.1. The summed E-state index contributed by atoms with van der Waals surface area (Å²) in [5.41, 5.74) is 3.82. The Morgan fingerprint density at radius 1 is 1.38 bits per heavy atom. The van der Waals surface area contributed by atoms with Gasteiger partial charge in [0, 0.05) is 24.2 Å². The van der Waals surface area contributed by atoms with Crippen molar-refractivity contribution in [1.29, 1.82) is 0 Å². The zero-order valence-electron chi connectivity index (χ0n) is 11.8. The molecule has 112 valence electrons. The summed E-state index contributed by atoms with van der Waals surface area (Å²) in [6.45, 7) is 2.46. The Labute approximate surface area is 122 Å². The summed E-state index contributed by atoms with van der Waals surface area (Å²) in [6, 6.07) is 3.38. The van der Waals surface area contributed by atoms with Crippen LogP contribution in [0.4, 0.5) is 5.82 Å². The first kappa shape index (κ1) is 14.9. The molecule has 2 aromatic heterocycles. The van der Waals surface area contributed by atoms with Gasteiger partial charge in [0.25, 0.3) is 5.91 Å². The molecule has 2 aromatic rings. The van der Waals surface area contributed by atoms with Crippen LogP contribution < -0.4 is 16.6 Å². The average molecular weight is 290 g/mol. The number of nitrogens with one attached hydrogen (secondary N) is 2. The monoisotopic (exact) mass is 290 g/mol. The number of nitrogen functional groups attached to an aromatic ring is 1. The molecule has 4 N–H and O–H groups in total. The van der Waals surface area contributed by atoms with Crippen molar-refractivity contribution in [1.82, 2.24) is 20.4 Å². The van der Waals surface area contributed by atoms with Crippen molar-refractivity contribution in [3.63, 3.8) is 0 Å². The van der Waals surface area contributed by atoms with Gasteiger partial charge in [-0.2, -0.15) is 4.98 Å². The van der Waals surface area contributed by atoms with Crippen LogP contribution in [0.3, 0.4) is 0 Å². The second kappa shape index (κ2) is 7.34. The minimum atomic E-state index is -0.189. The molecule has 21 heavy (non-hydrogen) atoms. The quantitative estimate of drug-likeness (QED) is 0.506. The van der Waals surface area contributed by atoms with E-state index in [1.807, 2.05) is 6.92 Å². The van der Waals surface area contributed by atoms with Gasteiger partial charge in [0.15, 0.2) is 6.33 Å². The number of anilines is 1. The van der Waals surface area contributed by atoms with Gasteiger partial charge in [-0.25, -0.2) is 10.8 Å². The molecule has 0 atom stereocenters. The summed E-state index contributed by atoms with van der Waals surface area (Å²) >= 11 is 0. The summed E-state index contributed by atoms with van der Waals surface area (Å²) in [5.74, 6) is 6.15. The summed E-state index contributed by atoms with van der Waals surface area (Å²) in [7, 11) is 0. The molecule has 0 bridgehead atoms. The highest BCUT2D eigenvalue weighted by Crippen LogP contribution is 2.11. The van der Waals surface area contributed by atoms with E-state index in [4.69, 9.17) is 10.4 Å². The number of hydrogen-bond donors (Lipinski definition) is 3. The molecule has 8 nitrogen and oxygen atoms in total. The standard InChI is InChI=1S/C13H18N6O2/c1-2-3-10-6-9(7-11(18-10)19-14)13(20)15-5-4-12-16-8-17-21-12/h6-8H,2-5,14H2,1H3,(H,15,20)(H,18,19). The van der Waals surface area contributed by atoms with E-state index in [-0.39, 0.29) is 5.91 Å². The largest absolute Gasteiger partial charge is 0.352 e. The van der Waals surface area contributed by atoms with Crippen LogP contribution in [0.5, 0.6) is 0 Å². The van der Waals surface area contributed by atoms with E-state index < -0.39 is 0 Å². The highest BCUT2D eigenvalue weighted by atomic mass is 16.5. The Bertz CT molecular complexity index is 584. The third-order valence-electron chi connectivity index (χ3n) is 2.83. The maximum absolute atomic E-state index is 12.1. The van der Waals surface area contributed by atoms with Gasteiger partial charge in [-0.05, 0) is 18.6 Å². The van der Waals surface area contributed by atoms with Crippen LogP contribution in [-0.2, 0) is 12.8 Å². The van der Waals surface area contributed by atoms with E-state index in [0.29, 0.717) is 30.2 Å². The first-order valence-electron chi connectivity index (χ1n) is 6.74. The average Bonchev–Trinajstić information content (AvgIpc) is 3.00. The summed E-state index contributed by atoms with van der Waals surface area (Å²) in [6.07, 6.45) is 3.55. The lowest BCUT2D eigenvalue weighted by Crippen LogP contribution is -2.26. The van der Waals surface area contributed by atoms with E-state index in [0.717, 1.165) is 18.5 Å². The maximum atomic E-state index is 12.1. The fourth-order valence-corrected chi connectivity index (χ4v) is 1.87. The van der Waals surface area contributed by atoms with Gasteiger partial charge in [0.1, 0.15) is 5.82 Å². The van der Waals surface area contributed by atoms with Gasteiger partial charge >= 0.3 is 0 Å². The fourth-order valence-electron chi connectivity index (χ4n) is 1.87. The van der Waals surface area contributed by atoms with Crippen LogP contribution in [0.1, 0.15) is 35.3 Å². The highest BCUT2D eigenvalue weighted by molar-refractivity contribution is 5.95. The molecule has 0 saturated carbocycles. The lowest BCUT2D eigenvalue weighted by molar-refractivity contribution is 0.0953. The van der Waals surface area contributed by atoms with Crippen molar-refractivity contribution in [2.24, 2.45) is 5.84 Å². The minimum absolute atomic E-state index is 0.189. The molecular formula is C13H18N6O2. The predicted molar refractivity (Wildman–Crippen MR) is 76.4 cm³/mol. The number of hydrogen-bond acceptors (Lipinski definition) is 7. The van der Waals surface area contributed by atoms with Crippen LogP contribution in [0.15, 0.2) is 23.0 Å². The first-order chi connectivity index (χ1) is 10.2. The van der Waals surface area contributed by atoms with Crippen molar-refractivity contribution < 1.29 is 9.32 Å². The molecule has 0 aliphatic carbocycles. The molecule has 0 aromatic carbocycles.